The number of likely N-dealkylation sites (tertiary alicyclic amines) is 1. The van der Waals surface area contributed by atoms with Crippen LogP contribution in [0.4, 0.5) is 8.78 Å². The summed E-state index contributed by atoms with van der Waals surface area (Å²) in [6.45, 7) is 2.74. The number of nitrogens with one attached hydrogen (secondary N) is 1. The van der Waals surface area contributed by atoms with Gasteiger partial charge in [0.2, 0.25) is 5.91 Å². The summed E-state index contributed by atoms with van der Waals surface area (Å²) in [5, 5.41) is 1.32. The van der Waals surface area contributed by atoms with E-state index in [4.69, 9.17) is 4.42 Å². The number of hydrogen-bond donors (Lipinski definition) is 1. The Bertz CT molecular complexity index is 916. The molecule has 4 rings (SSSR count). The van der Waals surface area contributed by atoms with E-state index in [2.05, 4.69) is 10.4 Å². The van der Waals surface area contributed by atoms with Gasteiger partial charge in [0, 0.05) is 25.2 Å². The molecule has 2 fully saturated rings. The summed E-state index contributed by atoms with van der Waals surface area (Å²) in [4.78, 5) is 30.8. The van der Waals surface area contributed by atoms with Gasteiger partial charge in [-0.15, -0.1) is 0 Å². The van der Waals surface area contributed by atoms with Crippen molar-refractivity contribution in [1.29, 1.82) is 0 Å². The number of hydrogen-bond acceptors (Lipinski definition) is 5. The first-order valence-electron chi connectivity index (χ1n) is 8.59. The summed E-state index contributed by atoms with van der Waals surface area (Å²) in [5.74, 6) is -2.09. The van der Waals surface area contributed by atoms with E-state index in [0.717, 1.165) is 6.07 Å². The number of nitrogens with zero attached hydrogens (tertiary/aromatic N) is 3. The first-order valence-corrected chi connectivity index (χ1v) is 8.59. The van der Waals surface area contributed by atoms with Gasteiger partial charge in [-0.3, -0.25) is 19.9 Å². The van der Waals surface area contributed by atoms with Gasteiger partial charge >= 0.3 is 0 Å². The highest BCUT2D eigenvalue weighted by Gasteiger charge is 2.52. The van der Waals surface area contributed by atoms with Crippen molar-refractivity contribution >= 4 is 11.8 Å². The average molecular weight is 376 g/mol. The summed E-state index contributed by atoms with van der Waals surface area (Å²) in [6.07, 6.45) is 1.86. The van der Waals surface area contributed by atoms with Crippen molar-refractivity contribution in [2.75, 3.05) is 13.1 Å². The molecule has 2 aliphatic heterocycles. The fourth-order valence-corrected chi connectivity index (χ4v) is 3.86. The molecular formula is C18H18F2N4O3. The highest BCUT2D eigenvalue weighted by molar-refractivity contribution is 5.97. The predicted molar refractivity (Wildman–Crippen MR) is 89.2 cm³/mol. The number of carbonyl (C=O) groups excluding carboxylic acids is 2. The van der Waals surface area contributed by atoms with Crippen molar-refractivity contribution in [3.63, 3.8) is 0 Å². The van der Waals surface area contributed by atoms with Crippen LogP contribution in [0.3, 0.4) is 0 Å². The Morgan fingerprint density at radius 3 is 2.96 bits per heavy atom. The van der Waals surface area contributed by atoms with Crippen LogP contribution in [0, 0.1) is 18.6 Å². The Labute approximate surface area is 153 Å². The fraction of sp³-hybridized carbons (Fsp3) is 0.389. The Morgan fingerprint density at radius 2 is 2.22 bits per heavy atom. The number of aromatic nitrogens is 1. The molecule has 2 aliphatic rings. The molecule has 9 heteroatoms. The molecule has 1 N–H and O–H groups in total. The van der Waals surface area contributed by atoms with Crippen molar-refractivity contribution in [1.82, 2.24) is 20.3 Å². The molecule has 0 bridgehead atoms. The van der Waals surface area contributed by atoms with Crippen LogP contribution >= 0.6 is 0 Å². The monoisotopic (exact) mass is 376 g/mol. The first kappa shape index (κ1) is 17.6. The minimum atomic E-state index is -0.891. The van der Waals surface area contributed by atoms with Crippen molar-refractivity contribution < 1.29 is 22.8 Å². The quantitative estimate of drug-likeness (QED) is 0.884. The van der Waals surface area contributed by atoms with E-state index in [0.29, 0.717) is 25.3 Å². The van der Waals surface area contributed by atoms with Crippen molar-refractivity contribution in [2.45, 2.75) is 31.8 Å². The maximum Gasteiger partial charge on any atom is 0.295 e. The van der Waals surface area contributed by atoms with Crippen LogP contribution in [0.2, 0.25) is 0 Å². The predicted octanol–water partition coefficient (Wildman–Crippen LogP) is 1.78. The molecule has 1 atom stereocenters. The maximum atomic E-state index is 14.0. The molecule has 0 aliphatic carbocycles. The zero-order valence-electron chi connectivity index (χ0n) is 14.7. The number of oxazole rings is 1. The molecule has 2 aromatic rings. The minimum Gasteiger partial charge on any atom is -0.448 e. The summed E-state index contributed by atoms with van der Waals surface area (Å²) in [6, 6.07) is 4.07. The zero-order valence-corrected chi connectivity index (χ0v) is 14.7. The number of rotatable bonds is 3. The number of aryl methyl sites for hydroxylation is 1. The van der Waals surface area contributed by atoms with Crippen LogP contribution in [0.5, 0.6) is 0 Å². The molecule has 3 heterocycles. The van der Waals surface area contributed by atoms with E-state index in [1.807, 2.05) is 4.90 Å². The van der Waals surface area contributed by atoms with Gasteiger partial charge in [0.05, 0.1) is 12.0 Å². The number of amides is 2. The maximum absolute atomic E-state index is 14.0. The molecule has 27 heavy (non-hydrogen) atoms. The molecule has 0 radical (unpaired) electrons. The Hall–Kier alpha value is -2.81. The third-order valence-electron chi connectivity index (χ3n) is 5.19. The number of hydrazine groups is 1. The Kier molecular flexibility index (Phi) is 4.18. The standard InChI is InChI=1S/C18H18F2N4O3/c1-11-16(21-10-27-11)17(26)24-18(7-14(25)22-24)5-6-23(9-18)8-12-3-2-4-13(19)15(12)20/h2-4,10H,5-9H2,1H3,(H,22,25). The second-order valence-corrected chi connectivity index (χ2v) is 7.01. The summed E-state index contributed by atoms with van der Waals surface area (Å²) in [7, 11) is 0. The normalized spacial score (nSPS) is 22.6. The Morgan fingerprint density at radius 1 is 1.41 bits per heavy atom. The van der Waals surface area contributed by atoms with Crippen LogP contribution in [-0.4, -0.2) is 45.3 Å². The topological polar surface area (TPSA) is 78.7 Å². The van der Waals surface area contributed by atoms with Crippen LogP contribution < -0.4 is 5.43 Å². The van der Waals surface area contributed by atoms with Crippen LogP contribution in [-0.2, 0) is 11.3 Å². The molecule has 1 unspecified atom stereocenters. The lowest BCUT2D eigenvalue weighted by molar-refractivity contribution is -0.120. The molecule has 2 amide bonds. The molecule has 142 valence electrons. The summed E-state index contributed by atoms with van der Waals surface area (Å²) in [5.41, 5.74) is 2.25. The molecule has 1 aromatic carbocycles. The molecule has 1 aromatic heterocycles. The lowest BCUT2D eigenvalue weighted by Gasteiger charge is -2.32. The van der Waals surface area contributed by atoms with Crippen LogP contribution in [0.1, 0.15) is 34.7 Å². The van der Waals surface area contributed by atoms with E-state index in [1.165, 1.54) is 23.5 Å². The van der Waals surface area contributed by atoms with Crippen molar-refractivity contribution in [2.24, 2.45) is 0 Å². The van der Waals surface area contributed by atoms with E-state index in [1.54, 1.807) is 6.92 Å². The van der Waals surface area contributed by atoms with Gasteiger partial charge in [-0.05, 0) is 19.4 Å². The van der Waals surface area contributed by atoms with Gasteiger partial charge in [0.25, 0.3) is 5.91 Å². The van der Waals surface area contributed by atoms with E-state index >= 15 is 0 Å². The Balaban J connectivity index is 1.55. The first-order chi connectivity index (χ1) is 12.9. The molecule has 1 spiro atoms. The number of halogens is 2. The minimum absolute atomic E-state index is 0.145. The highest BCUT2D eigenvalue weighted by Crippen LogP contribution is 2.36. The van der Waals surface area contributed by atoms with Crippen LogP contribution in [0.15, 0.2) is 29.0 Å². The lowest BCUT2D eigenvalue weighted by Crippen LogP contribution is -2.53. The van der Waals surface area contributed by atoms with Gasteiger partial charge in [-0.25, -0.2) is 18.8 Å². The van der Waals surface area contributed by atoms with Gasteiger partial charge in [0.15, 0.2) is 23.7 Å². The van der Waals surface area contributed by atoms with Gasteiger partial charge in [0.1, 0.15) is 5.76 Å². The van der Waals surface area contributed by atoms with E-state index < -0.39 is 23.1 Å². The lowest BCUT2D eigenvalue weighted by atomic mass is 9.94. The number of carbonyl (C=O) groups is 2. The highest BCUT2D eigenvalue weighted by atomic mass is 19.2. The second kappa shape index (κ2) is 6.41. The van der Waals surface area contributed by atoms with Crippen molar-refractivity contribution in [3.05, 3.63) is 53.2 Å². The van der Waals surface area contributed by atoms with Crippen LogP contribution in [0.25, 0.3) is 0 Å². The number of benzene rings is 1. The SMILES string of the molecule is Cc1ocnc1C(=O)N1NC(=O)CC12CCN(Cc1cccc(F)c1F)C2. The zero-order chi connectivity index (χ0) is 19.2. The average Bonchev–Trinajstić information content (AvgIpc) is 3.31. The summed E-state index contributed by atoms with van der Waals surface area (Å²) < 4.78 is 32.5. The van der Waals surface area contributed by atoms with E-state index in [-0.39, 0.29) is 30.1 Å². The second-order valence-electron chi connectivity index (χ2n) is 7.01. The van der Waals surface area contributed by atoms with Crippen molar-refractivity contribution in [3.8, 4) is 0 Å². The third kappa shape index (κ3) is 2.97. The molecular weight excluding hydrogens is 358 g/mol. The smallest absolute Gasteiger partial charge is 0.295 e. The van der Waals surface area contributed by atoms with Gasteiger partial charge < -0.3 is 4.42 Å². The fourth-order valence-electron chi connectivity index (χ4n) is 3.86. The molecule has 0 saturated carbocycles. The molecule has 2 saturated heterocycles. The van der Waals surface area contributed by atoms with E-state index in [9.17, 15) is 18.4 Å². The largest absolute Gasteiger partial charge is 0.448 e. The van der Waals surface area contributed by atoms with Gasteiger partial charge in [-0.2, -0.15) is 0 Å². The summed E-state index contributed by atoms with van der Waals surface area (Å²) >= 11 is 0. The third-order valence-corrected chi connectivity index (χ3v) is 5.19. The van der Waals surface area contributed by atoms with Gasteiger partial charge in [-0.1, -0.05) is 12.1 Å². The molecule has 7 nitrogen and oxygen atoms in total.